The van der Waals surface area contributed by atoms with E-state index in [1.807, 2.05) is 0 Å². The highest BCUT2D eigenvalue weighted by molar-refractivity contribution is 6.32. The Kier molecular flexibility index (Phi) is 3.57. The first-order valence-corrected chi connectivity index (χ1v) is 5.54. The lowest BCUT2D eigenvalue weighted by Crippen LogP contribution is -2.06. The Labute approximate surface area is 102 Å². The van der Waals surface area contributed by atoms with Crippen molar-refractivity contribution in [2.75, 3.05) is 0 Å². The Morgan fingerprint density at radius 1 is 1.65 bits per heavy atom. The standard InChI is InChI=1S/C11H10ClF2NO2/c12-8-1-3-15-9(10(8)17-11(13)14)7-5-6(7)2-4-16/h1,3-4,6-7,11H,2,5H2. The summed E-state index contributed by atoms with van der Waals surface area (Å²) < 4.78 is 28.9. The fraction of sp³-hybridized carbons (Fsp3) is 0.455. The molecule has 0 aliphatic heterocycles. The Bertz CT molecular complexity index is 428. The highest BCUT2D eigenvalue weighted by Gasteiger charge is 2.41. The van der Waals surface area contributed by atoms with Crippen LogP contribution in [0.25, 0.3) is 0 Å². The summed E-state index contributed by atoms with van der Waals surface area (Å²) in [6, 6.07) is 1.40. The molecule has 1 aliphatic rings. The van der Waals surface area contributed by atoms with Crippen molar-refractivity contribution in [2.24, 2.45) is 5.92 Å². The molecule has 0 bridgehead atoms. The van der Waals surface area contributed by atoms with E-state index in [1.54, 1.807) is 0 Å². The maximum absolute atomic E-state index is 12.2. The van der Waals surface area contributed by atoms with Gasteiger partial charge < -0.3 is 9.53 Å². The number of nitrogens with zero attached hydrogens (tertiary/aromatic N) is 1. The second-order valence-electron chi connectivity index (χ2n) is 3.89. The molecule has 1 aromatic heterocycles. The van der Waals surface area contributed by atoms with Gasteiger partial charge in [-0.3, -0.25) is 4.98 Å². The van der Waals surface area contributed by atoms with Crippen LogP contribution in [0.1, 0.15) is 24.5 Å². The van der Waals surface area contributed by atoms with Gasteiger partial charge in [-0.1, -0.05) is 11.6 Å². The molecule has 0 spiro atoms. The van der Waals surface area contributed by atoms with Gasteiger partial charge in [0.05, 0.1) is 10.7 Å². The Balaban J connectivity index is 2.22. The molecule has 0 saturated heterocycles. The second kappa shape index (κ2) is 4.96. The summed E-state index contributed by atoms with van der Waals surface area (Å²) in [5.74, 6) is 0.0914. The Morgan fingerprint density at radius 2 is 2.41 bits per heavy atom. The van der Waals surface area contributed by atoms with Gasteiger partial charge in [0.1, 0.15) is 6.29 Å². The molecule has 2 unspecified atom stereocenters. The van der Waals surface area contributed by atoms with Gasteiger partial charge in [0, 0.05) is 18.5 Å². The number of rotatable bonds is 5. The van der Waals surface area contributed by atoms with Crippen LogP contribution in [0.15, 0.2) is 12.3 Å². The number of hydrogen-bond donors (Lipinski definition) is 0. The van der Waals surface area contributed by atoms with Gasteiger partial charge >= 0.3 is 6.61 Å². The number of aldehydes is 1. The normalized spacial score (nSPS) is 22.6. The molecule has 2 rings (SSSR count). The number of carbonyl (C=O) groups is 1. The minimum atomic E-state index is -2.93. The van der Waals surface area contributed by atoms with Crippen LogP contribution in [0.2, 0.25) is 5.02 Å². The number of ether oxygens (including phenoxy) is 1. The SMILES string of the molecule is O=CCC1CC1c1nccc(Cl)c1OC(F)F. The van der Waals surface area contributed by atoms with Crippen LogP contribution in [0.3, 0.4) is 0 Å². The zero-order valence-corrected chi connectivity index (χ0v) is 9.53. The van der Waals surface area contributed by atoms with E-state index in [-0.39, 0.29) is 22.6 Å². The first-order valence-electron chi connectivity index (χ1n) is 5.16. The van der Waals surface area contributed by atoms with Crippen LogP contribution >= 0.6 is 11.6 Å². The van der Waals surface area contributed by atoms with Gasteiger partial charge in [0.2, 0.25) is 0 Å². The number of aromatic nitrogens is 1. The molecule has 1 heterocycles. The van der Waals surface area contributed by atoms with Crippen molar-refractivity contribution in [3.63, 3.8) is 0 Å². The van der Waals surface area contributed by atoms with E-state index >= 15 is 0 Å². The topological polar surface area (TPSA) is 39.2 Å². The third kappa shape index (κ3) is 2.72. The molecule has 1 aromatic rings. The average Bonchev–Trinajstić information content (AvgIpc) is 3.00. The minimum absolute atomic E-state index is 0.00681. The van der Waals surface area contributed by atoms with Gasteiger partial charge in [-0.25, -0.2) is 0 Å². The number of halogens is 3. The van der Waals surface area contributed by atoms with E-state index in [4.69, 9.17) is 11.6 Å². The molecule has 1 saturated carbocycles. The molecular weight excluding hydrogens is 252 g/mol. The molecule has 1 fully saturated rings. The molecule has 3 nitrogen and oxygen atoms in total. The summed E-state index contributed by atoms with van der Waals surface area (Å²) in [6.07, 6.45) is 3.44. The van der Waals surface area contributed by atoms with Gasteiger partial charge in [0.25, 0.3) is 0 Å². The molecule has 2 atom stereocenters. The summed E-state index contributed by atoms with van der Waals surface area (Å²) in [5, 5.41) is 0.118. The van der Waals surface area contributed by atoms with Crippen molar-refractivity contribution >= 4 is 17.9 Å². The van der Waals surface area contributed by atoms with E-state index in [0.717, 1.165) is 12.7 Å². The minimum Gasteiger partial charge on any atom is -0.431 e. The largest absolute Gasteiger partial charge is 0.431 e. The summed E-state index contributed by atoms with van der Waals surface area (Å²) >= 11 is 5.80. The smallest absolute Gasteiger partial charge is 0.387 e. The summed E-state index contributed by atoms with van der Waals surface area (Å²) in [7, 11) is 0. The van der Waals surface area contributed by atoms with Crippen molar-refractivity contribution < 1.29 is 18.3 Å². The lowest BCUT2D eigenvalue weighted by atomic mass is 10.1. The van der Waals surface area contributed by atoms with Crippen LogP contribution in [0.4, 0.5) is 8.78 Å². The van der Waals surface area contributed by atoms with Crippen LogP contribution < -0.4 is 4.74 Å². The molecular formula is C11H10ClF2NO2. The van der Waals surface area contributed by atoms with Crippen LogP contribution in [-0.4, -0.2) is 17.9 Å². The summed E-state index contributed by atoms with van der Waals surface area (Å²) in [6.45, 7) is -2.93. The lowest BCUT2D eigenvalue weighted by Gasteiger charge is -2.10. The molecule has 17 heavy (non-hydrogen) atoms. The van der Waals surface area contributed by atoms with E-state index in [1.165, 1.54) is 12.3 Å². The first kappa shape index (κ1) is 12.2. The number of pyridine rings is 1. The Morgan fingerprint density at radius 3 is 3.06 bits per heavy atom. The fourth-order valence-electron chi connectivity index (χ4n) is 1.88. The molecule has 0 N–H and O–H groups in total. The van der Waals surface area contributed by atoms with Crippen LogP contribution in [0, 0.1) is 5.92 Å². The predicted octanol–water partition coefficient (Wildman–Crippen LogP) is 3.03. The quantitative estimate of drug-likeness (QED) is 0.765. The molecule has 6 heteroatoms. The van der Waals surface area contributed by atoms with E-state index in [2.05, 4.69) is 9.72 Å². The number of carbonyl (C=O) groups excluding carboxylic acids is 1. The van der Waals surface area contributed by atoms with Gasteiger partial charge in [0.15, 0.2) is 5.75 Å². The molecule has 0 aromatic carbocycles. The predicted molar refractivity (Wildman–Crippen MR) is 57.4 cm³/mol. The van der Waals surface area contributed by atoms with Crippen molar-refractivity contribution in [2.45, 2.75) is 25.4 Å². The average molecular weight is 262 g/mol. The van der Waals surface area contributed by atoms with E-state index < -0.39 is 6.61 Å². The van der Waals surface area contributed by atoms with Crippen molar-refractivity contribution in [3.05, 3.63) is 23.0 Å². The van der Waals surface area contributed by atoms with E-state index in [9.17, 15) is 13.6 Å². The zero-order chi connectivity index (χ0) is 12.4. The lowest BCUT2D eigenvalue weighted by molar-refractivity contribution is -0.108. The van der Waals surface area contributed by atoms with Crippen LogP contribution in [0.5, 0.6) is 5.75 Å². The molecule has 92 valence electrons. The molecule has 0 radical (unpaired) electrons. The second-order valence-corrected chi connectivity index (χ2v) is 4.30. The van der Waals surface area contributed by atoms with Crippen molar-refractivity contribution in [3.8, 4) is 5.75 Å². The fourth-order valence-corrected chi connectivity index (χ4v) is 2.07. The Hall–Kier alpha value is -1.23. The number of hydrogen-bond acceptors (Lipinski definition) is 3. The highest BCUT2D eigenvalue weighted by Crippen LogP contribution is 2.52. The maximum Gasteiger partial charge on any atom is 0.387 e. The van der Waals surface area contributed by atoms with Crippen LogP contribution in [-0.2, 0) is 4.79 Å². The van der Waals surface area contributed by atoms with E-state index in [0.29, 0.717) is 12.1 Å². The highest BCUT2D eigenvalue weighted by atomic mass is 35.5. The number of alkyl halides is 2. The summed E-state index contributed by atoms with van der Waals surface area (Å²) in [4.78, 5) is 14.4. The zero-order valence-electron chi connectivity index (χ0n) is 8.78. The van der Waals surface area contributed by atoms with Gasteiger partial charge in [-0.2, -0.15) is 8.78 Å². The maximum atomic E-state index is 12.2. The first-order chi connectivity index (χ1) is 8.13. The monoisotopic (exact) mass is 261 g/mol. The van der Waals surface area contributed by atoms with Crippen molar-refractivity contribution in [1.82, 2.24) is 4.98 Å². The molecule has 0 amide bonds. The van der Waals surface area contributed by atoms with Gasteiger partial charge in [-0.05, 0) is 18.4 Å². The third-order valence-electron chi connectivity index (χ3n) is 2.76. The van der Waals surface area contributed by atoms with Crippen molar-refractivity contribution in [1.29, 1.82) is 0 Å². The third-order valence-corrected chi connectivity index (χ3v) is 3.06. The summed E-state index contributed by atoms with van der Waals surface area (Å²) in [5.41, 5.74) is 0.421. The van der Waals surface area contributed by atoms with Gasteiger partial charge in [-0.15, -0.1) is 0 Å². The molecule has 1 aliphatic carbocycles.